The van der Waals surface area contributed by atoms with Gasteiger partial charge in [0.15, 0.2) is 0 Å². The number of rotatable bonds is 5. The van der Waals surface area contributed by atoms with Crippen LogP contribution in [0, 0.1) is 5.92 Å². The smallest absolute Gasteiger partial charge is 0.137 e. The van der Waals surface area contributed by atoms with Gasteiger partial charge < -0.3 is 10.1 Å². The van der Waals surface area contributed by atoms with Crippen LogP contribution < -0.4 is 5.32 Å². The van der Waals surface area contributed by atoms with Crippen LogP contribution in [0.4, 0.5) is 0 Å². The first-order chi connectivity index (χ1) is 6.95. The topological polar surface area (TPSA) is 52.0 Å². The van der Waals surface area contributed by atoms with Gasteiger partial charge in [0.2, 0.25) is 0 Å². The molecular weight excluding hydrogens is 180 g/mol. The van der Waals surface area contributed by atoms with Gasteiger partial charge in [-0.05, 0) is 12.3 Å². The molecule has 1 unspecified atom stereocenters. The Kier molecular flexibility index (Phi) is 3.48. The monoisotopic (exact) mass is 196 g/mol. The summed E-state index contributed by atoms with van der Waals surface area (Å²) in [6.07, 6.45) is 4.49. The first kappa shape index (κ1) is 9.61. The Labute approximate surface area is 83.5 Å². The molecule has 1 aliphatic heterocycles. The normalized spacial score (nSPS) is 21.6. The molecule has 1 fully saturated rings. The third-order valence-corrected chi connectivity index (χ3v) is 2.44. The van der Waals surface area contributed by atoms with E-state index in [1.54, 1.807) is 12.7 Å². The summed E-state index contributed by atoms with van der Waals surface area (Å²) in [5, 5.41) is 7.42. The molecule has 5 nitrogen and oxygen atoms in total. The van der Waals surface area contributed by atoms with Crippen LogP contribution in [0.25, 0.3) is 0 Å². The predicted molar refractivity (Wildman–Crippen MR) is 51.8 cm³/mol. The van der Waals surface area contributed by atoms with Crippen LogP contribution >= 0.6 is 0 Å². The van der Waals surface area contributed by atoms with Gasteiger partial charge in [-0.3, -0.25) is 4.68 Å². The molecule has 2 heterocycles. The van der Waals surface area contributed by atoms with Crippen LogP contribution in [0.3, 0.4) is 0 Å². The fraction of sp³-hybridized carbons (Fsp3) is 0.778. The Morgan fingerprint density at radius 3 is 3.29 bits per heavy atom. The van der Waals surface area contributed by atoms with E-state index in [4.69, 9.17) is 4.74 Å². The van der Waals surface area contributed by atoms with Gasteiger partial charge in [0.25, 0.3) is 0 Å². The molecule has 1 aliphatic rings. The van der Waals surface area contributed by atoms with Crippen LogP contribution in [0.2, 0.25) is 0 Å². The highest BCUT2D eigenvalue weighted by Crippen LogP contribution is 2.10. The molecule has 1 aromatic rings. The zero-order valence-corrected chi connectivity index (χ0v) is 8.22. The maximum atomic E-state index is 5.29. The maximum Gasteiger partial charge on any atom is 0.137 e. The molecule has 0 saturated carbocycles. The van der Waals surface area contributed by atoms with Crippen LogP contribution in [-0.2, 0) is 11.3 Å². The molecular formula is C9H16N4O. The molecule has 0 aromatic carbocycles. The van der Waals surface area contributed by atoms with Crippen molar-refractivity contribution < 1.29 is 4.74 Å². The van der Waals surface area contributed by atoms with Gasteiger partial charge in [-0.25, -0.2) is 4.98 Å². The summed E-state index contributed by atoms with van der Waals surface area (Å²) in [5.41, 5.74) is 0. The van der Waals surface area contributed by atoms with Crippen LogP contribution in [0.5, 0.6) is 0 Å². The Hall–Kier alpha value is -0.940. The number of nitrogens with zero attached hydrogens (tertiary/aromatic N) is 3. The first-order valence-corrected chi connectivity index (χ1v) is 5.06. The predicted octanol–water partition coefficient (Wildman–Crippen LogP) is -0.0958. The second-order valence-electron chi connectivity index (χ2n) is 3.59. The average Bonchev–Trinajstić information content (AvgIpc) is 2.86. The molecule has 0 amide bonds. The Morgan fingerprint density at radius 1 is 1.57 bits per heavy atom. The molecule has 0 aliphatic carbocycles. The standard InChI is InChI=1S/C9H16N4O/c1-4-14-6-9(1)5-10-2-3-13-8-11-7-12-13/h7-10H,1-6H2. The second kappa shape index (κ2) is 5.07. The lowest BCUT2D eigenvalue weighted by Gasteiger charge is -2.08. The van der Waals surface area contributed by atoms with E-state index in [0.717, 1.165) is 32.8 Å². The minimum absolute atomic E-state index is 0.700. The van der Waals surface area contributed by atoms with E-state index >= 15 is 0 Å². The Morgan fingerprint density at radius 2 is 2.57 bits per heavy atom. The van der Waals surface area contributed by atoms with Crippen molar-refractivity contribution in [2.45, 2.75) is 13.0 Å². The molecule has 2 rings (SSSR count). The first-order valence-electron chi connectivity index (χ1n) is 5.06. The van der Waals surface area contributed by atoms with E-state index in [9.17, 15) is 0 Å². The van der Waals surface area contributed by atoms with Crippen molar-refractivity contribution in [2.75, 3.05) is 26.3 Å². The van der Waals surface area contributed by atoms with Gasteiger partial charge in [0.05, 0.1) is 13.2 Å². The van der Waals surface area contributed by atoms with Crippen molar-refractivity contribution in [2.24, 2.45) is 5.92 Å². The number of hydrogen-bond donors (Lipinski definition) is 1. The molecule has 1 aromatic heterocycles. The lowest BCUT2D eigenvalue weighted by molar-refractivity contribution is 0.185. The van der Waals surface area contributed by atoms with E-state index in [0.29, 0.717) is 5.92 Å². The summed E-state index contributed by atoms with van der Waals surface area (Å²) in [6.45, 7) is 4.72. The van der Waals surface area contributed by atoms with Gasteiger partial charge in [0, 0.05) is 19.7 Å². The summed E-state index contributed by atoms with van der Waals surface area (Å²) in [6, 6.07) is 0. The van der Waals surface area contributed by atoms with Gasteiger partial charge in [0.1, 0.15) is 12.7 Å². The zero-order valence-electron chi connectivity index (χ0n) is 8.22. The van der Waals surface area contributed by atoms with Gasteiger partial charge in [-0.2, -0.15) is 5.10 Å². The van der Waals surface area contributed by atoms with E-state index < -0.39 is 0 Å². The molecule has 1 saturated heterocycles. The third kappa shape index (κ3) is 2.78. The van der Waals surface area contributed by atoms with Crippen molar-refractivity contribution in [1.29, 1.82) is 0 Å². The lowest BCUT2D eigenvalue weighted by atomic mass is 10.1. The molecule has 0 radical (unpaired) electrons. The Balaban J connectivity index is 1.55. The highest BCUT2D eigenvalue weighted by atomic mass is 16.5. The molecule has 5 heteroatoms. The summed E-state index contributed by atoms with van der Waals surface area (Å²) in [5.74, 6) is 0.700. The van der Waals surface area contributed by atoms with Crippen molar-refractivity contribution in [1.82, 2.24) is 20.1 Å². The van der Waals surface area contributed by atoms with Crippen LogP contribution in [0.15, 0.2) is 12.7 Å². The van der Waals surface area contributed by atoms with Crippen LogP contribution in [0.1, 0.15) is 6.42 Å². The maximum absolute atomic E-state index is 5.29. The number of nitrogens with one attached hydrogen (secondary N) is 1. The molecule has 78 valence electrons. The molecule has 1 N–H and O–H groups in total. The zero-order chi connectivity index (χ0) is 9.64. The van der Waals surface area contributed by atoms with Gasteiger partial charge >= 0.3 is 0 Å². The lowest BCUT2D eigenvalue weighted by Crippen LogP contribution is -2.26. The van der Waals surface area contributed by atoms with Crippen molar-refractivity contribution >= 4 is 0 Å². The van der Waals surface area contributed by atoms with Gasteiger partial charge in [-0.15, -0.1) is 0 Å². The average molecular weight is 196 g/mol. The fourth-order valence-electron chi connectivity index (χ4n) is 1.59. The van der Waals surface area contributed by atoms with Gasteiger partial charge in [-0.1, -0.05) is 0 Å². The van der Waals surface area contributed by atoms with Crippen molar-refractivity contribution in [3.63, 3.8) is 0 Å². The number of hydrogen-bond acceptors (Lipinski definition) is 4. The van der Waals surface area contributed by atoms with Crippen molar-refractivity contribution in [3.05, 3.63) is 12.7 Å². The minimum atomic E-state index is 0.700. The van der Waals surface area contributed by atoms with E-state index in [1.807, 2.05) is 4.68 Å². The third-order valence-electron chi connectivity index (χ3n) is 2.44. The summed E-state index contributed by atoms with van der Waals surface area (Å²) in [7, 11) is 0. The SMILES string of the molecule is c1ncn(CCNCC2CCOC2)n1. The summed E-state index contributed by atoms with van der Waals surface area (Å²) in [4.78, 5) is 3.88. The summed E-state index contributed by atoms with van der Waals surface area (Å²) < 4.78 is 7.12. The van der Waals surface area contributed by atoms with E-state index in [2.05, 4.69) is 15.4 Å². The quantitative estimate of drug-likeness (QED) is 0.668. The second-order valence-corrected chi connectivity index (χ2v) is 3.59. The fourth-order valence-corrected chi connectivity index (χ4v) is 1.59. The minimum Gasteiger partial charge on any atom is -0.381 e. The molecule has 0 spiro atoms. The highest BCUT2D eigenvalue weighted by Gasteiger charge is 2.14. The van der Waals surface area contributed by atoms with E-state index in [-0.39, 0.29) is 0 Å². The van der Waals surface area contributed by atoms with E-state index in [1.165, 1.54) is 6.42 Å². The molecule has 14 heavy (non-hydrogen) atoms. The molecule has 1 atom stereocenters. The highest BCUT2D eigenvalue weighted by molar-refractivity contribution is 4.66. The summed E-state index contributed by atoms with van der Waals surface area (Å²) >= 11 is 0. The van der Waals surface area contributed by atoms with Crippen LogP contribution in [-0.4, -0.2) is 41.1 Å². The Bertz CT molecular complexity index is 243. The largest absolute Gasteiger partial charge is 0.381 e. The molecule has 0 bridgehead atoms. The number of aromatic nitrogens is 3. The number of ether oxygens (including phenoxy) is 1. The van der Waals surface area contributed by atoms with Crippen molar-refractivity contribution in [3.8, 4) is 0 Å².